The van der Waals surface area contributed by atoms with E-state index in [2.05, 4.69) is 34.1 Å². The maximum Gasteiger partial charge on any atom is 0.0602 e. The first kappa shape index (κ1) is 13.1. The van der Waals surface area contributed by atoms with Crippen molar-refractivity contribution in [1.82, 2.24) is 15.2 Å². The summed E-state index contributed by atoms with van der Waals surface area (Å²) in [6, 6.07) is 4.89. The molecule has 1 fully saturated rings. The highest BCUT2D eigenvalue weighted by molar-refractivity contribution is 5.20. The number of nitrogens with one attached hydrogen (secondary N) is 1. The first-order chi connectivity index (χ1) is 8.83. The average molecular weight is 243 g/mol. The second-order valence-corrected chi connectivity index (χ2v) is 4.77. The van der Waals surface area contributed by atoms with Gasteiger partial charge in [-0.15, -0.1) is 6.42 Å². The van der Waals surface area contributed by atoms with Crippen molar-refractivity contribution < 1.29 is 0 Å². The molecule has 1 aliphatic carbocycles. The zero-order valence-electron chi connectivity index (χ0n) is 11.0. The number of nitrogens with zero attached hydrogens (tertiary/aromatic N) is 2. The largest absolute Gasteiger partial charge is 0.310 e. The fourth-order valence-electron chi connectivity index (χ4n) is 1.94. The molecule has 0 saturated heterocycles. The van der Waals surface area contributed by atoms with E-state index >= 15 is 0 Å². The van der Waals surface area contributed by atoms with Crippen molar-refractivity contribution in [3.05, 3.63) is 29.6 Å². The highest BCUT2D eigenvalue weighted by Gasteiger charge is 2.20. The quantitative estimate of drug-likeness (QED) is 0.740. The molecule has 0 amide bonds. The summed E-state index contributed by atoms with van der Waals surface area (Å²) in [5.74, 6) is 2.70. The Balaban J connectivity index is 1.98. The fraction of sp³-hybridized carbons (Fsp3) is 0.533. The van der Waals surface area contributed by atoms with Crippen molar-refractivity contribution in [2.75, 3.05) is 13.1 Å². The minimum absolute atomic E-state index is 0.683. The zero-order chi connectivity index (χ0) is 12.8. The smallest absolute Gasteiger partial charge is 0.0602 e. The molecule has 0 bridgehead atoms. The van der Waals surface area contributed by atoms with Crippen LogP contribution >= 0.6 is 0 Å². The number of hydrogen-bond donors (Lipinski definition) is 1. The first-order valence-electron chi connectivity index (χ1n) is 6.65. The van der Waals surface area contributed by atoms with Crippen LogP contribution < -0.4 is 5.32 Å². The molecule has 2 rings (SSSR count). The van der Waals surface area contributed by atoms with Crippen LogP contribution in [0.15, 0.2) is 18.3 Å². The number of pyridine rings is 1. The molecule has 0 radical (unpaired) electrons. The van der Waals surface area contributed by atoms with Gasteiger partial charge in [0, 0.05) is 25.3 Å². The molecule has 0 unspecified atom stereocenters. The van der Waals surface area contributed by atoms with E-state index in [4.69, 9.17) is 6.42 Å². The lowest BCUT2D eigenvalue weighted by Crippen LogP contribution is -2.25. The van der Waals surface area contributed by atoms with Gasteiger partial charge in [0.1, 0.15) is 0 Å². The van der Waals surface area contributed by atoms with Crippen LogP contribution in [0.1, 0.15) is 31.0 Å². The highest BCUT2D eigenvalue weighted by Crippen LogP contribution is 2.19. The second-order valence-electron chi connectivity index (χ2n) is 4.77. The third-order valence-corrected chi connectivity index (χ3v) is 3.28. The van der Waals surface area contributed by atoms with E-state index in [-0.39, 0.29) is 0 Å². The predicted octanol–water partition coefficient (Wildman–Crippen LogP) is 1.79. The molecule has 3 nitrogen and oxygen atoms in total. The maximum atomic E-state index is 5.38. The molecule has 1 heterocycles. The fourth-order valence-corrected chi connectivity index (χ4v) is 1.94. The van der Waals surface area contributed by atoms with Crippen molar-refractivity contribution in [1.29, 1.82) is 0 Å². The summed E-state index contributed by atoms with van der Waals surface area (Å²) in [7, 11) is 0. The van der Waals surface area contributed by atoms with E-state index in [9.17, 15) is 0 Å². The van der Waals surface area contributed by atoms with E-state index < -0.39 is 0 Å². The molecule has 0 aromatic carbocycles. The summed E-state index contributed by atoms with van der Waals surface area (Å²) < 4.78 is 0. The molecular weight excluding hydrogens is 222 g/mol. The van der Waals surface area contributed by atoms with Crippen LogP contribution in [0.3, 0.4) is 0 Å². The van der Waals surface area contributed by atoms with E-state index in [1.54, 1.807) is 0 Å². The van der Waals surface area contributed by atoms with Gasteiger partial charge in [-0.3, -0.25) is 9.88 Å². The van der Waals surface area contributed by atoms with E-state index in [0.717, 1.165) is 31.4 Å². The van der Waals surface area contributed by atoms with Crippen molar-refractivity contribution in [2.24, 2.45) is 0 Å². The standard InChI is InChI=1S/C15H21N3/c1-3-10-18(4-2)12-15-13(6-5-9-16-15)11-17-14-7-8-14/h1,5-6,9,14,17H,4,7-8,10-12H2,2H3. The van der Waals surface area contributed by atoms with Gasteiger partial charge in [-0.2, -0.15) is 0 Å². The highest BCUT2D eigenvalue weighted by atomic mass is 15.1. The lowest BCUT2D eigenvalue weighted by atomic mass is 10.1. The van der Waals surface area contributed by atoms with Gasteiger partial charge in [-0.1, -0.05) is 18.9 Å². The number of terminal acetylenes is 1. The van der Waals surface area contributed by atoms with Gasteiger partial charge >= 0.3 is 0 Å². The summed E-state index contributed by atoms with van der Waals surface area (Å²) in [5, 5.41) is 3.54. The topological polar surface area (TPSA) is 28.2 Å². The Bertz CT molecular complexity index is 418. The van der Waals surface area contributed by atoms with Crippen LogP contribution in [0.2, 0.25) is 0 Å². The lowest BCUT2D eigenvalue weighted by molar-refractivity contribution is 0.311. The summed E-state index contributed by atoms with van der Waals surface area (Å²) in [4.78, 5) is 6.72. The summed E-state index contributed by atoms with van der Waals surface area (Å²) in [6.07, 6.45) is 9.87. The molecule has 1 saturated carbocycles. The second kappa shape index (κ2) is 6.53. The van der Waals surface area contributed by atoms with Crippen LogP contribution in [-0.2, 0) is 13.1 Å². The van der Waals surface area contributed by atoms with Gasteiger partial charge < -0.3 is 5.32 Å². The molecule has 1 aromatic heterocycles. The number of aromatic nitrogens is 1. The third kappa shape index (κ3) is 3.83. The van der Waals surface area contributed by atoms with Crippen LogP contribution in [0.25, 0.3) is 0 Å². The normalized spacial score (nSPS) is 14.7. The molecule has 18 heavy (non-hydrogen) atoms. The van der Waals surface area contributed by atoms with Crippen LogP contribution in [0.4, 0.5) is 0 Å². The average Bonchev–Trinajstić information content (AvgIpc) is 3.21. The lowest BCUT2D eigenvalue weighted by Gasteiger charge is -2.18. The minimum Gasteiger partial charge on any atom is -0.310 e. The monoisotopic (exact) mass is 243 g/mol. The SMILES string of the molecule is C#CCN(CC)Cc1ncccc1CNC1CC1. The first-order valence-corrected chi connectivity index (χ1v) is 6.65. The predicted molar refractivity (Wildman–Crippen MR) is 73.9 cm³/mol. The van der Waals surface area contributed by atoms with Crippen molar-refractivity contribution >= 4 is 0 Å². The Hall–Kier alpha value is -1.37. The molecule has 0 aliphatic heterocycles. The Kier molecular flexibility index (Phi) is 4.74. The summed E-state index contributed by atoms with van der Waals surface area (Å²) >= 11 is 0. The zero-order valence-corrected chi connectivity index (χ0v) is 11.0. The Morgan fingerprint density at radius 1 is 1.56 bits per heavy atom. The van der Waals surface area contributed by atoms with Gasteiger partial charge in [0.2, 0.25) is 0 Å². The van der Waals surface area contributed by atoms with Crippen molar-refractivity contribution in [3.63, 3.8) is 0 Å². The Labute approximate surface area is 110 Å². The van der Waals surface area contributed by atoms with E-state index in [1.165, 1.54) is 18.4 Å². The molecule has 3 heteroatoms. The van der Waals surface area contributed by atoms with Crippen LogP contribution in [-0.4, -0.2) is 29.0 Å². The molecule has 96 valence electrons. The van der Waals surface area contributed by atoms with E-state index in [1.807, 2.05) is 12.3 Å². The number of rotatable bonds is 7. The molecule has 0 atom stereocenters. The van der Waals surface area contributed by atoms with Gasteiger partial charge in [0.05, 0.1) is 12.2 Å². The third-order valence-electron chi connectivity index (χ3n) is 3.28. The summed E-state index contributed by atoms with van der Waals surface area (Å²) in [5.41, 5.74) is 2.43. The van der Waals surface area contributed by atoms with Gasteiger partial charge in [-0.25, -0.2) is 0 Å². The Morgan fingerprint density at radius 3 is 3.06 bits per heavy atom. The minimum atomic E-state index is 0.683. The molecular formula is C15H21N3. The van der Waals surface area contributed by atoms with Crippen LogP contribution in [0, 0.1) is 12.3 Å². The molecule has 1 aromatic rings. The summed E-state index contributed by atoms with van der Waals surface area (Å²) in [6.45, 7) is 5.52. The number of hydrogen-bond acceptors (Lipinski definition) is 3. The van der Waals surface area contributed by atoms with Crippen LogP contribution in [0.5, 0.6) is 0 Å². The van der Waals surface area contributed by atoms with E-state index in [0.29, 0.717) is 6.54 Å². The molecule has 1 N–H and O–H groups in total. The van der Waals surface area contributed by atoms with Gasteiger partial charge in [-0.05, 0) is 31.0 Å². The molecule has 0 spiro atoms. The van der Waals surface area contributed by atoms with Gasteiger partial charge in [0.15, 0.2) is 0 Å². The van der Waals surface area contributed by atoms with Gasteiger partial charge in [0.25, 0.3) is 0 Å². The maximum absolute atomic E-state index is 5.38. The molecule has 1 aliphatic rings. The Morgan fingerprint density at radius 2 is 2.39 bits per heavy atom. The van der Waals surface area contributed by atoms with Crippen molar-refractivity contribution in [2.45, 2.75) is 38.9 Å². The van der Waals surface area contributed by atoms with Crippen molar-refractivity contribution in [3.8, 4) is 12.3 Å².